The molecular formula is C15H28N4O2. The summed E-state index contributed by atoms with van der Waals surface area (Å²) < 4.78 is 1.91. The van der Waals surface area contributed by atoms with Crippen molar-refractivity contribution in [3.63, 3.8) is 0 Å². The molecule has 1 aromatic rings. The predicted octanol–water partition coefficient (Wildman–Crippen LogP) is 2.02. The van der Waals surface area contributed by atoms with Crippen LogP contribution in [-0.2, 0) is 24.2 Å². The van der Waals surface area contributed by atoms with E-state index in [-0.39, 0.29) is 6.04 Å². The van der Waals surface area contributed by atoms with Gasteiger partial charge in [0.1, 0.15) is 11.4 Å². The van der Waals surface area contributed by atoms with Gasteiger partial charge in [-0.3, -0.25) is 10.1 Å². The molecule has 0 aliphatic heterocycles. The number of aryl methyl sites for hydroxylation is 3. The monoisotopic (exact) mass is 296 g/mol. The van der Waals surface area contributed by atoms with Crippen LogP contribution in [0.4, 0.5) is 0 Å². The number of rotatable bonds is 9. The fourth-order valence-corrected chi connectivity index (χ4v) is 2.48. The van der Waals surface area contributed by atoms with Crippen LogP contribution in [0.2, 0.25) is 0 Å². The van der Waals surface area contributed by atoms with Gasteiger partial charge in [0.15, 0.2) is 5.82 Å². The minimum absolute atomic E-state index is 0.135. The summed E-state index contributed by atoms with van der Waals surface area (Å²) in [6.45, 7) is 10.5. The van der Waals surface area contributed by atoms with Gasteiger partial charge in [-0.15, -0.1) is 0 Å². The molecule has 0 saturated heterocycles. The SMILES string of the molecule is CCc1nc(CC)n(CCCC(C)(NC(C)C)C(=O)O)n1. The molecule has 0 radical (unpaired) electrons. The lowest BCUT2D eigenvalue weighted by Gasteiger charge is -2.28. The molecule has 21 heavy (non-hydrogen) atoms. The minimum atomic E-state index is -0.894. The molecule has 6 nitrogen and oxygen atoms in total. The van der Waals surface area contributed by atoms with Gasteiger partial charge in [-0.2, -0.15) is 5.10 Å². The Morgan fingerprint density at radius 3 is 2.52 bits per heavy atom. The molecule has 120 valence electrons. The first-order chi connectivity index (χ1) is 9.82. The van der Waals surface area contributed by atoms with E-state index >= 15 is 0 Å². The lowest BCUT2D eigenvalue weighted by atomic mass is 9.95. The molecule has 1 unspecified atom stereocenters. The fourth-order valence-electron chi connectivity index (χ4n) is 2.48. The Bertz CT molecular complexity index is 470. The summed E-state index contributed by atoms with van der Waals surface area (Å²) in [5.74, 6) is 1.02. The van der Waals surface area contributed by atoms with E-state index in [1.54, 1.807) is 6.92 Å². The summed E-state index contributed by atoms with van der Waals surface area (Å²) >= 11 is 0. The third-order valence-corrected chi connectivity index (χ3v) is 3.55. The van der Waals surface area contributed by atoms with Crippen LogP contribution in [0.15, 0.2) is 0 Å². The summed E-state index contributed by atoms with van der Waals surface area (Å²) in [6, 6.07) is 0.135. The van der Waals surface area contributed by atoms with Gasteiger partial charge in [-0.25, -0.2) is 9.67 Å². The number of hydrogen-bond acceptors (Lipinski definition) is 4. The third-order valence-electron chi connectivity index (χ3n) is 3.55. The fraction of sp³-hybridized carbons (Fsp3) is 0.800. The zero-order valence-electron chi connectivity index (χ0n) is 13.8. The molecule has 0 amide bonds. The van der Waals surface area contributed by atoms with Crippen LogP contribution in [0, 0.1) is 0 Å². The lowest BCUT2D eigenvalue weighted by Crippen LogP contribution is -2.52. The molecule has 1 heterocycles. The highest BCUT2D eigenvalue weighted by atomic mass is 16.4. The number of carboxylic acids is 1. The van der Waals surface area contributed by atoms with Crippen LogP contribution >= 0.6 is 0 Å². The molecule has 0 aliphatic carbocycles. The summed E-state index contributed by atoms with van der Waals surface area (Å²) in [7, 11) is 0. The van der Waals surface area contributed by atoms with Crippen molar-refractivity contribution in [2.75, 3.05) is 0 Å². The van der Waals surface area contributed by atoms with Crippen LogP contribution in [0.25, 0.3) is 0 Å². The van der Waals surface area contributed by atoms with Crippen molar-refractivity contribution < 1.29 is 9.90 Å². The molecule has 0 spiro atoms. The van der Waals surface area contributed by atoms with Crippen molar-refractivity contribution in [3.05, 3.63) is 11.6 Å². The van der Waals surface area contributed by atoms with Crippen molar-refractivity contribution >= 4 is 5.97 Å². The zero-order chi connectivity index (χ0) is 16.0. The first-order valence-corrected chi connectivity index (χ1v) is 7.76. The number of carboxylic acid groups (broad SMARTS) is 1. The Morgan fingerprint density at radius 2 is 2.05 bits per heavy atom. The van der Waals surface area contributed by atoms with Crippen molar-refractivity contribution in [1.82, 2.24) is 20.1 Å². The maximum atomic E-state index is 11.5. The molecule has 2 N–H and O–H groups in total. The van der Waals surface area contributed by atoms with E-state index in [1.807, 2.05) is 25.5 Å². The highest BCUT2D eigenvalue weighted by molar-refractivity contribution is 5.78. The molecule has 0 bridgehead atoms. The van der Waals surface area contributed by atoms with Gasteiger partial charge in [0.25, 0.3) is 0 Å². The Morgan fingerprint density at radius 1 is 1.38 bits per heavy atom. The number of aromatic nitrogens is 3. The van der Waals surface area contributed by atoms with E-state index in [4.69, 9.17) is 0 Å². The van der Waals surface area contributed by atoms with Crippen LogP contribution in [-0.4, -0.2) is 37.4 Å². The Balaban J connectivity index is 2.66. The highest BCUT2D eigenvalue weighted by Gasteiger charge is 2.32. The second-order valence-corrected chi connectivity index (χ2v) is 5.91. The normalized spacial score (nSPS) is 14.4. The number of nitrogens with zero attached hydrogens (tertiary/aromatic N) is 3. The van der Waals surface area contributed by atoms with E-state index < -0.39 is 11.5 Å². The third kappa shape index (κ3) is 4.81. The summed E-state index contributed by atoms with van der Waals surface area (Å²) in [5, 5.41) is 17.0. The molecule has 1 rings (SSSR count). The van der Waals surface area contributed by atoms with Crippen LogP contribution in [0.3, 0.4) is 0 Å². The van der Waals surface area contributed by atoms with Gasteiger partial charge >= 0.3 is 5.97 Å². The maximum Gasteiger partial charge on any atom is 0.323 e. The molecule has 0 saturated carbocycles. The minimum Gasteiger partial charge on any atom is -0.480 e. The Hall–Kier alpha value is -1.43. The first-order valence-electron chi connectivity index (χ1n) is 7.76. The van der Waals surface area contributed by atoms with Gasteiger partial charge in [-0.05, 0) is 33.6 Å². The van der Waals surface area contributed by atoms with E-state index in [2.05, 4.69) is 22.3 Å². The molecule has 0 aromatic carbocycles. The highest BCUT2D eigenvalue weighted by Crippen LogP contribution is 2.15. The van der Waals surface area contributed by atoms with E-state index in [9.17, 15) is 9.90 Å². The second kappa shape index (κ2) is 7.54. The largest absolute Gasteiger partial charge is 0.480 e. The average Bonchev–Trinajstić information content (AvgIpc) is 2.80. The van der Waals surface area contributed by atoms with Gasteiger partial charge in [0, 0.05) is 25.4 Å². The van der Waals surface area contributed by atoms with E-state index in [0.717, 1.165) is 30.9 Å². The van der Waals surface area contributed by atoms with Gasteiger partial charge in [0.05, 0.1) is 0 Å². The maximum absolute atomic E-state index is 11.5. The summed E-state index contributed by atoms with van der Waals surface area (Å²) in [4.78, 5) is 15.9. The van der Waals surface area contributed by atoms with Crippen molar-refractivity contribution in [2.45, 2.75) is 78.4 Å². The molecule has 0 fully saturated rings. The van der Waals surface area contributed by atoms with Crippen molar-refractivity contribution in [2.24, 2.45) is 0 Å². The summed E-state index contributed by atoms with van der Waals surface area (Å²) in [5.41, 5.74) is -0.894. The van der Waals surface area contributed by atoms with E-state index in [0.29, 0.717) is 13.0 Å². The predicted molar refractivity (Wildman–Crippen MR) is 82.3 cm³/mol. The second-order valence-electron chi connectivity index (χ2n) is 5.91. The summed E-state index contributed by atoms with van der Waals surface area (Å²) in [6.07, 6.45) is 2.97. The standard InChI is InChI=1S/C15H28N4O2/c1-6-12-16-13(7-2)19(18-12)10-8-9-15(5,14(20)21)17-11(3)4/h11,17H,6-10H2,1-5H3,(H,20,21). The Labute approximate surface area is 127 Å². The number of nitrogens with one attached hydrogen (secondary N) is 1. The van der Waals surface area contributed by atoms with Crippen LogP contribution < -0.4 is 5.32 Å². The van der Waals surface area contributed by atoms with Crippen molar-refractivity contribution in [1.29, 1.82) is 0 Å². The number of aliphatic carboxylic acids is 1. The lowest BCUT2D eigenvalue weighted by molar-refractivity contribution is -0.144. The quantitative estimate of drug-likeness (QED) is 0.729. The van der Waals surface area contributed by atoms with E-state index in [1.165, 1.54) is 0 Å². The van der Waals surface area contributed by atoms with Crippen molar-refractivity contribution in [3.8, 4) is 0 Å². The van der Waals surface area contributed by atoms with Crippen LogP contribution in [0.5, 0.6) is 0 Å². The number of hydrogen-bond donors (Lipinski definition) is 2. The molecular weight excluding hydrogens is 268 g/mol. The topological polar surface area (TPSA) is 80.0 Å². The molecule has 1 atom stereocenters. The molecule has 0 aliphatic rings. The molecule has 1 aromatic heterocycles. The molecule has 6 heteroatoms. The van der Waals surface area contributed by atoms with Crippen LogP contribution in [0.1, 0.15) is 59.1 Å². The van der Waals surface area contributed by atoms with Gasteiger partial charge in [-0.1, -0.05) is 13.8 Å². The average molecular weight is 296 g/mol. The first kappa shape index (κ1) is 17.6. The Kier molecular flexibility index (Phi) is 6.33. The van der Waals surface area contributed by atoms with Gasteiger partial charge in [0.2, 0.25) is 0 Å². The number of carbonyl (C=O) groups is 1. The smallest absolute Gasteiger partial charge is 0.323 e. The van der Waals surface area contributed by atoms with Gasteiger partial charge < -0.3 is 5.11 Å². The zero-order valence-corrected chi connectivity index (χ0v) is 13.8.